The molecule has 4 nitrogen and oxygen atoms in total. The molecule has 68 valence electrons. The van der Waals surface area contributed by atoms with Crippen LogP contribution in [0, 0.1) is 0 Å². The van der Waals surface area contributed by atoms with Crippen LogP contribution in [0.15, 0.2) is 18.2 Å². The predicted octanol–water partition coefficient (Wildman–Crippen LogP) is 1.41. The molecule has 0 saturated heterocycles. The Kier molecular flexibility index (Phi) is 1.58. The monoisotopic (exact) mass is 184 g/mol. The van der Waals surface area contributed by atoms with Crippen molar-refractivity contribution in [2.24, 2.45) is 0 Å². The normalized spacial score (nSPS) is 18.7. The summed E-state index contributed by atoms with van der Waals surface area (Å²) in [5, 5.41) is 8.59. The fourth-order valence-electron chi connectivity index (χ4n) is 1.05. The van der Waals surface area contributed by atoms with Crippen molar-refractivity contribution in [3.05, 3.63) is 23.8 Å². The number of aromatic carboxylic acids is 1. The molecule has 1 atom stereocenters. The molecule has 0 spiro atoms. The first-order valence-corrected chi connectivity index (χ1v) is 3.51. The third-order valence-electron chi connectivity index (χ3n) is 1.63. The SMILES string of the molecule is O=C(O)c1ccc2c(c1)OC(F)O2. The van der Waals surface area contributed by atoms with Crippen molar-refractivity contribution in [1.82, 2.24) is 0 Å². The van der Waals surface area contributed by atoms with E-state index in [4.69, 9.17) is 5.11 Å². The van der Waals surface area contributed by atoms with E-state index >= 15 is 0 Å². The van der Waals surface area contributed by atoms with E-state index in [-0.39, 0.29) is 17.1 Å². The fourth-order valence-corrected chi connectivity index (χ4v) is 1.05. The van der Waals surface area contributed by atoms with Gasteiger partial charge in [0, 0.05) is 0 Å². The first-order valence-electron chi connectivity index (χ1n) is 3.51. The first-order chi connectivity index (χ1) is 6.16. The molecule has 0 aromatic heterocycles. The second-order valence-corrected chi connectivity index (χ2v) is 2.48. The molecule has 0 amide bonds. The Bertz CT molecular complexity index is 363. The van der Waals surface area contributed by atoms with E-state index in [9.17, 15) is 9.18 Å². The highest BCUT2D eigenvalue weighted by Gasteiger charge is 2.24. The quantitative estimate of drug-likeness (QED) is 0.716. The van der Waals surface area contributed by atoms with Crippen LogP contribution in [0.2, 0.25) is 0 Å². The number of halogens is 1. The number of alkyl halides is 1. The second kappa shape index (κ2) is 2.62. The van der Waals surface area contributed by atoms with E-state index in [0.717, 1.165) is 0 Å². The van der Waals surface area contributed by atoms with Crippen molar-refractivity contribution in [3.8, 4) is 11.5 Å². The number of carboxylic acids is 1. The molecule has 1 N–H and O–H groups in total. The van der Waals surface area contributed by atoms with Crippen LogP contribution in [0.3, 0.4) is 0 Å². The van der Waals surface area contributed by atoms with Gasteiger partial charge in [-0.1, -0.05) is 0 Å². The van der Waals surface area contributed by atoms with Gasteiger partial charge in [-0.2, -0.15) is 4.39 Å². The third-order valence-corrected chi connectivity index (χ3v) is 1.63. The minimum Gasteiger partial charge on any atom is -0.478 e. The van der Waals surface area contributed by atoms with Crippen LogP contribution in [0.1, 0.15) is 10.4 Å². The summed E-state index contributed by atoms with van der Waals surface area (Å²) in [5.41, 5.74) is 0.0384. The number of ether oxygens (including phenoxy) is 2. The van der Waals surface area contributed by atoms with Gasteiger partial charge >= 0.3 is 12.5 Å². The molecule has 0 fully saturated rings. The highest BCUT2D eigenvalue weighted by Crippen LogP contribution is 2.35. The largest absolute Gasteiger partial charge is 0.478 e. The molecule has 2 rings (SSSR count). The summed E-state index contributed by atoms with van der Waals surface area (Å²) in [6.45, 7) is -1.83. The van der Waals surface area contributed by atoms with Gasteiger partial charge in [0.25, 0.3) is 0 Å². The maximum absolute atomic E-state index is 12.5. The lowest BCUT2D eigenvalue weighted by atomic mass is 10.2. The smallest absolute Gasteiger partial charge is 0.397 e. The number of carbonyl (C=O) groups is 1. The third kappa shape index (κ3) is 1.28. The van der Waals surface area contributed by atoms with Crippen LogP contribution in [-0.4, -0.2) is 17.6 Å². The molecule has 13 heavy (non-hydrogen) atoms. The Morgan fingerprint density at radius 3 is 2.77 bits per heavy atom. The number of hydrogen-bond donors (Lipinski definition) is 1. The van der Waals surface area contributed by atoms with E-state index < -0.39 is 12.5 Å². The van der Waals surface area contributed by atoms with Crippen LogP contribution in [0.4, 0.5) is 4.39 Å². The van der Waals surface area contributed by atoms with Gasteiger partial charge in [-0.05, 0) is 18.2 Å². The lowest BCUT2D eigenvalue weighted by molar-refractivity contribution is -0.0652. The Balaban J connectivity index is 2.40. The number of rotatable bonds is 1. The standard InChI is InChI=1S/C8H5FO4/c9-8-12-5-2-1-4(7(10)11)3-6(5)13-8/h1-3,8H,(H,10,11). The molecule has 1 unspecified atom stereocenters. The van der Waals surface area contributed by atoms with Crippen molar-refractivity contribution >= 4 is 5.97 Å². The van der Waals surface area contributed by atoms with Crippen molar-refractivity contribution in [2.45, 2.75) is 6.54 Å². The number of benzene rings is 1. The van der Waals surface area contributed by atoms with Crippen LogP contribution in [-0.2, 0) is 0 Å². The van der Waals surface area contributed by atoms with Gasteiger partial charge in [0.05, 0.1) is 5.56 Å². The summed E-state index contributed by atoms with van der Waals surface area (Å²) in [5.74, 6) is -0.751. The molecule has 1 aliphatic heterocycles. The molecular weight excluding hydrogens is 179 g/mol. The van der Waals surface area contributed by atoms with Gasteiger partial charge in [-0.15, -0.1) is 0 Å². The minimum atomic E-state index is -1.83. The fraction of sp³-hybridized carbons (Fsp3) is 0.125. The Morgan fingerprint density at radius 2 is 2.08 bits per heavy atom. The molecule has 1 aromatic rings. The van der Waals surface area contributed by atoms with Crippen molar-refractivity contribution in [3.63, 3.8) is 0 Å². The van der Waals surface area contributed by atoms with Gasteiger partial charge in [0.2, 0.25) is 0 Å². The van der Waals surface area contributed by atoms with Gasteiger partial charge in [-0.25, -0.2) is 4.79 Å². The summed E-state index contributed by atoms with van der Waals surface area (Å²) >= 11 is 0. The lowest BCUT2D eigenvalue weighted by Crippen LogP contribution is -2.09. The Morgan fingerprint density at radius 1 is 1.38 bits per heavy atom. The van der Waals surface area contributed by atoms with Crippen LogP contribution >= 0.6 is 0 Å². The molecule has 0 bridgehead atoms. The molecule has 1 aromatic carbocycles. The zero-order valence-electron chi connectivity index (χ0n) is 6.36. The van der Waals surface area contributed by atoms with E-state index in [1.54, 1.807) is 0 Å². The van der Waals surface area contributed by atoms with Gasteiger partial charge in [-0.3, -0.25) is 0 Å². The maximum Gasteiger partial charge on any atom is 0.397 e. The molecule has 0 saturated carbocycles. The number of hydrogen-bond acceptors (Lipinski definition) is 3. The predicted molar refractivity (Wildman–Crippen MR) is 39.6 cm³/mol. The van der Waals surface area contributed by atoms with Crippen molar-refractivity contribution in [1.29, 1.82) is 0 Å². The Labute approximate surface area is 72.5 Å². The molecule has 0 aliphatic carbocycles. The first kappa shape index (κ1) is 7.85. The van der Waals surface area contributed by atoms with E-state index in [2.05, 4.69) is 9.47 Å². The number of carboxylic acid groups (broad SMARTS) is 1. The number of fused-ring (bicyclic) bond motifs is 1. The molecule has 5 heteroatoms. The van der Waals surface area contributed by atoms with Crippen LogP contribution < -0.4 is 9.47 Å². The van der Waals surface area contributed by atoms with Crippen LogP contribution in [0.25, 0.3) is 0 Å². The second-order valence-electron chi connectivity index (χ2n) is 2.48. The highest BCUT2D eigenvalue weighted by molar-refractivity contribution is 5.88. The summed E-state index contributed by atoms with van der Waals surface area (Å²) in [6, 6.07) is 3.90. The molecular formula is C8H5FO4. The van der Waals surface area contributed by atoms with Crippen LogP contribution in [0.5, 0.6) is 11.5 Å². The van der Waals surface area contributed by atoms with E-state index in [1.807, 2.05) is 0 Å². The summed E-state index contributed by atoms with van der Waals surface area (Å²) in [4.78, 5) is 10.5. The summed E-state index contributed by atoms with van der Waals surface area (Å²) in [7, 11) is 0. The van der Waals surface area contributed by atoms with Crippen molar-refractivity contribution in [2.75, 3.05) is 0 Å². The molecule has 1 aliphatic rings. The van der Waals surface area contributed by atoms with Gasteiger partial charge in [0.15, 0.2) is 11.5 Å². The summed E-state index contributed by atoms with van der Waals surface area (Å²) < 4.78 is 21.6. The zero-order valence-corrected chi connectivity index (χ0v) is 6.36. The van der Waals surface area contributed by atoms with Gasteiger partial charge < -0.3 is 14.6 Å². The lowest BCUT2D eigenvalue weighted by Gasteiger charge is -1.96. The topological polar surface area (TPSA) is 55.8 Å². The van der Waals surface area contributed by atoms with E-state index in [1.165, 1.54) is 18.2 Å². The zero-order chi connectivity index (χ0) is 9.42. The van der Waals surface area contributed by atoms with Crippen molar-refractivity contribution < 1.29 is 23.8 Å². The molecule has 1 heterocycles. The molecule has 0 radical (unpaired) electrons. The van der Waals surface area contributed by atoms with Gasteiger partial charge in [0.1, 0.15) is 0 Å². The minimum absolute atomic E-state index is 0.0384. The Hall–Kier alpha value is -1.78. The maximum atomic E-state index is 12.5. The van der Waals surface area contributed by atoms with E-state index in [0.29, 0.717) is 0 Å². The highest BCUT2D eigenvalue weighted by atomic mass is 19.2. The summed E-state index contributed by atoms with van der Waals surface area (Å²) in [6.07, 6.45) is 0. The average Bonchev–Trinajstić information content (AvgIpc) is 2.42. The average molecular weight is 184 g/mol.